The molecule has 0 spiro atoms. The van der Waals surface area contributed by atoms with E-state index >= 15 is 0 Å². The maximum absolute atomic E-state index is 13.0. The Hall–Kier alpha value is -2.38. The molecule has 6 nitrogen and oxygen atoms in total. The van der Waals surface area contributed by atoms with E-state index in [-0.39, 0.29) is 10.8 Å². The summed E-state index contributed by atoms with van der Waals surface area (Å²) in [4.78, 5) is 12.0. The number of nitrogens with zero attached hydrogens (tertiary/aromatic N) is 1. The number of rotatable bonds is 3. The number of nitrogens with one attached hydrogen (secondary N) is 1. The highest BCUT2D eigenvalue weighted by Gasteiger charge is 2.31. The first kappa shape index (κ1) is 18.0. The second kappa shape index (κ2) is 6.98. The lowest BCUT2D eigenvalue weighted by Gasteiger charge is -2.32. The molecular weight excluding hydrogens is 364 g/mol. The first-order valence-electron chi connectivity index (χ1n) is 9.12. The van der Waals surface area contributed by atoms with E-state index in [0.29, 0.717) is 30.4 Å². The number of ether oxygens (including phenoxy) is 1. The predicted octanol–water partition coefficient (Wildman–Crippen LogP) is 2.97. The van der Waals surface area contributed by atoms with Crippen molar-refractivity contribution in [2.24, 2.45) is 0 Å². The largest absolute Gasteiger partial charge is 0.479 e. The fourth-order valence-electron chi connectivity index (χ4n) is 3.65. The quantitative estimate of drug-likeness (QED) is 0.880. The Balaban J connectivity index is 1.51. The van der Waals surface area contributed by atoms with Gasteiger partial charge in [-0.25, -0.2) is 8.42 Å². The monoisotopic (exact) mass is 386 g/mol. The molecule has 1 atom stereocenters. The van der Waals surface area contributed by atoms with Crippen LogP contribution in [0, 0.1) is 0 Å². The second-order valence-electron chi connectivity index (χ2n) is 7.00. The number of benzene rings is 2. The smallest absolute Gasteiger partial charge is 0.265 e. The number of fused-ring (bicyclic) bond motifs is 1. The molecule has 1 amide bonds. The Kier molecular flexibility index (Phi) is 4.65. The van der Waals surface area contributed by atoms with E-state index in [0.717, 1.165) is 12.8 Å². The molecule has 2 aromatic carbocycles. The Labute approximate surface area is 159 Å². The molecule has 2 heterocycles. The molecule has 2 aromatic rings. The molecule has 142 valence electrons. The molecule has 0 bridgehead atoms. The Morgan fingerprint density at radius 2 is 1.78 bits per heavy atom. The van der Waals surface area contributed by atoms with Gasteiger partial charge in [-0.1, -0.05) is 30.3 Å². The van der Waals surface area contributed by atoms with Crippen LogP contribution in [0.25, 0.3) is 0 Å². The third-order valence-corrected chi connectivity index (χ3v) is 7.14. The van der Waals surface area contributed by atoms with Crippen LogP contribution in [0.2, 0.25) is 0 Å². The molecule has 2 aliphatic heterocycles. The topological polar surface area (TPSA) is 75.7 Å². The molecule has 1 unspecified atom stereocenters. The van der Waals surface area contributed by atoms with Gasteiger partial charge in [0, 0.05) is 13.1 Å². The van der Waals surface area contributed by atoms with E-state index < -0.39 is 16.1 Å². The number of hydrogen-bond acceptors (Lipinski definition) is 4. The lowest BCUT2D eigenvalue weighted by atomic mass is 9.90. The molecule has 1 saturated heterocycles. The number of carbonyl (C=O) groups excluding carboxylic acids is 1. The van der Waals surface area contributed by atoms with Crippen molar-refractivity contribution in [3.05, 3.63) is 54.1 Å². The first-order chi connectivity index (χ1) is 12.9. The van der Waals surface area contributed by atoms with Gasteiger partial charge in [0.1, 0.15) is 5.75 Å². The lowest BCUT2D eigenvalue weighted by Crippen LogP contribution is -2.38. The van der Waals surface area contributed by atoms with E-state index in [2.05, 4.69) is 17.4 Å². The standard InChI is InChI=1S/C20H22N2O4S/c1-14-20(23)21-18-13-17(7-8-19(18)26-14)27(24,25)22-11-9-16(10-12-22)15-5-3-2-4-6-15/h2-8,13-14,16H,9-12H2,1H3,(H,21,23). The predicted molar refractivity (Wildman–Crippen MR) is 102 cm³/mol. The first-order valence-corrected chi connectivity index (χ1v) is 10.6. The average Bonchev–Trinajstić information content (AvgIpc) is 2.69. The van der Waals surface area contributed by atoms with Crippen molar-refractivity contribution in [3.63, 3.8) is 0 Å². The lowest BCUT2D eigenvalue weighted by molar-refractivity contribution is -0.122. The van der Waals surface area contributed by atoms with Crippen LogP contribution in [-0.2, 0) is 14.8 Å². The Bertz CT molecular complexity index is 951. The van der Waals surface area contributed by atoms with Crippen LogP contribution in [0.5, 0.6) is 5.75 Å². The SMILES string of the molecule is CC1Oc2ccc(S(=O)(=O)N3CCC(c4ccccc4)CC3)cc2NC1=O. The fourth-order valence-corrected chi connectivity index (χ4v) is 5.15. The van der Waals surface area contributed by atoms with E-state index in [4.69, 9.17) is 4.74 Å². The van der Waals surface area contributed by atoms with Gasteiger partial charge in [0.2, 0.25) is 10.0 Å². The number of amides is 1. The minimum atomic E-state index is -3.61. The summed E-state index contributed by atoms with van der Waals surface area (Å²) in [6, 6.07) is 14.9. The maximum Gasteiger partial charge on any atom is 0.265 e. The van der Waals surface area contributed by atoms with E-state index in [1.54, 1.807) is 19.1 Å². The summed E-state index contributed by atoms with van der Waals surface area (Å²) in [6.07, 6.45) is 1.01. The number of carbonyl (C=O) groups is 1. The minimum Gasteiger partial charge on any atom is -0.479 e. The summed E-state index contributed by atoms with van der Waals surface area (Å²) in [5, 5.41) is 2.71. The van der Waals surface area contributed by atoms with Gasteiger partial charge in [-0.05, 0) is 49.4 Å². The minimum absolute atomic E-state index is 0.179. The molecule has 1 N–H and O–H groups in total. The summed E-state index contributed by atoms with van der Waals surface area (Å²) in [5.41, 5.74) is 1.66. The summed E-state index contributed by atoms with van der Waals surface area (Å²) in [6.45, 7) is 2.62. The van der Waals surface area contributed by atoms with Crippen molar-refractivity contribution < 1.29 is 17.9 Å². The third kappa shape index (κ3) is 3.44. The average molecular weight is 386 g/mol. The van der Waals surface area contributed by atoms with Gasteiger partial charge in [0.05, 0.1) is 10.6 Å². The van der Waals surface area contributed by atoms with Crippen LogP contribution < -0.4 is 10.1 Å². The van der Waals surface area contributed by atoms with Crippen molar-refractivity contribution in [2.75, 3.05) is 18.4 Å². The van der Waals surface area contributed by atoms with Crippen LogP contribution in [0.1, 0.15) is 31.2 Å². The van der Waals surface area contributed by atoms with E-state index in [1.807, 2.05) is 18.2 Å². The molecule has 7 heteroatoms. The van der Waals surface area contributed by atoms with Crippen LogP contribution in [0.15, 0.2) is 53.4 Å². The van der Waals surface area contributed by atoms with Crippen molar-refractivity contribution >= 4 is 21.6 Å². The summed E-state index contributed by atoms with van der Waals surface area (Å²) in [7, 11) is -3.61. The van der Waals surface area contributed by atoms with Crippen molar-refractivity contribution in [1.82, 2.24) is 4.31 Å². The van der Waals surface area contributed by atoms with E-state index in [1.165, 1.54) is 15.9 Å². The van der Waals surface area contributed by atoms with Gasteiger partial charge in [-0.3, -0.25) is 4.79 Å². The Morgan fingerprint density at radius 3 is 2.48 bits per heavy atom. The van der Waals surface area contributed by atoms with Crippen LogP contribution >= 0.6 is 0 Å². The van der Waals surface area contributed by atoms with Gasteiger partial charge >= 0.3 is 0 Å². The van der Waals surface area contributed by atoms with Gasteiger partial charge in [0.15, 0.2) is 6.10 Å². The van der Waals surface area contributed by atoms with Crippen molar-refractivity contribution in [3.8, 4) is 5.75 Å². The number of piperidine rings is 1. The van der Waals surface area contributed by atoms with Gasteiger partial charge in [-0.15, -0.1) is 0 Å². The number of anilines is 1. The van der Waals surface area contributed by atoms with Gasteiger partial charge < -0.3 is 10.1 Å². The summed E-state index contributed by atoms with van der Waals surface area (Å²) >= 11 is 0. The highest BCUT2D eigenvalue weighted by molar-refractivity contribution is 7.89. The molecule has 27 heavy (non-hydrogen) atoms. The molecule has 2 aliphatic rings. The zero-order valence-electron chi connectivity index (χ0n) is 15.1. The van der Waals surface area contributed by atoms with Crippen LogP contribution in [0.4, 0.5) is 5.69 Å². The molecule has 0 aromatic heterocycles. The van der Waals surface area contributed by atoms with Gasteiger partial charge in [-0.2, -0.15) is 4.31 Å². The van der Waals surface area contributed by atoms with Crippen molar-refractivity contribution in [2.45, 2.75) is 36.7 Å². The van der Waals surface area contributed by atoms with Gasteiger partial charge in [0.25, 0.3) is 5.91 Å². The highest BCUT2D eigenvalue weighted by atomic mass is 32.2. The van der Waals surface area contributed by atoms with Crippen LogP contribution in [0.3, 0.4) is 0 Å². The Morgan fingerprint density at radius 1 is 1.07 bits per heavy atom. The molecule has 0 aliphatic carbocycles. The number of sulfonamides is 1. The number of hydrogen-bond donors (Lipinski definition) is 1. The maximum atomic E-state index is 13.0. The van der Waals surface area contributed by atoms with Crippen LogP contribution in [-0.4, -0.2) is 37.8 Å². The van der Waals surface area contributed by atoms with Crippen molar-refractivity contribution in [1.29, 1.82) is 0 Å². The highest BCUT2D eigenvalue weighted by Crippen LogP contribution is 2.35. The normalized spacial score (nSPS) is 21.2. The fraction of sp³-hybridized carbons (Fsp3) is 0.350. The molecular formula is C20H22N2O4S. The van der Waals surface area contributed by atoms with E-state index in [9.17, 15) is 13.2 Å². The third-order valence-electron chi connectivity index (χ3n) is 5.24. The molecule has 4 rings (SSSR count). The zero-order chi connectivity index (χ0) is 19.0. The molecule has 0 saturated carbocycles. The summed E-state index contributed by atoms with van der Waals surface area (Å²) < 4.78 is 33.1. The second-order valence-corrected chi connectivity index (χ2v) is 8.93. The molecule has 1 fully saturated rings. The molecule has 0 radical (unpaired) electrons. The zero-order valence-corrected chi connectivity index (χ0v) is 15.9. The summed E-state index contributed by atoms with van der Waals surface area (Å²) in [5.74, 6) is 0.597.